The van der Waals surface area contributed by atoms with E-state index >= 15 is 0 Å². The van der Waals surface area contributed by atoms with E-state index in [-0.39, 0.29) is 0 Å². The zero-order chi connectivity index (χ0) is 10.1. The number of H-pyrrole nitrogens is 1. The van der Waals surface area contributed by atoms with Crippen molar-refractivity contribution < 1.29 is 0 Å². The van der Waals surface area contributed by atoms with Crippen molar-refractivity contribution in [2.24, 2.45) is 0 Å². The Labute approximate surface area is 88.9 Å². The van der Waals surface area contributed by atoms with E-state index in [0.29, 0.717) is 6.04 Å². The predicted octanol–water partition coefficient (Wildman–Crippen LogP) is 1.95. The Morgan fingerprint density at radius 3 is 2.79 bits per heavy atom. The monoisotopic (exact) mass is 212 g/mol. The van der Waals surface area contributed by atoms with Gasteiger partial charge in [-0.3, -0.25) is 4.57 Å². The van der Waals surface area contributed by atoms with E-state index < -0.39 is 0 Å². The van der Waals surface area contributed by atoms with Gasteiger partial charge in [-0.15, -0.1) is 5.10 Å². The number of hydrogen-bond donors (Lipinski definition) is 1. The highest BCUT2D eigenvalue weighted by Crippen LogP contribution is 2.30. The van der Waals surface area contributed by atoms with Gasteiger partial charge in [0.2, 0.25) is 5.95 Å². The van der Waals surface area contributed by atoms with Crippen molar-refractivity contribution in [2.45, 2.75) is 39.3 Å². The molecule has 0 unspecified atom stereocenters. The maximum Gasteiger partial charge on any atom is 0.225 e. The van der Waals surface area contributed by atoms with Crippen LogP contribution in [0.4, 0.5) is 5.95 Å². The molecule has 0 aliphatic heterocycles. The van der Waals surface area contributed by atoms with Crippen molar-refractivity contribution >= 4 is 18.2 Å². The van der Waals surface area contributed by atoms with Crippen LogP contribution in [0.2, 0.25) is 0 Å². The number of nitrogens with zero attached hydrogens (tertiary/aromatic N) is 3. The van der Waals surface area contributed by atoms with Crippen molar-refractivity contribution in [3.05, 3.63) is 4.77 Å². The van der Waals surface area contributed by atoms with E-state index in [0.717, 1.165) is 23.8 Å². The lowest BCUT2D eigenvalue weighted by molar-refractivity contribution is 0.693. The summed E-state index contributed by atoms with van der Waals surface area (Å²) in [6.07, 6.45) is 2.58. The van der Waals surface area contributed by atoms with Crippen LogP contribution < -0.4 is 4.90 Å². The molecule has 1 aromatic heterocycles. The van der Waals surface area contributed by atoms with Crippen LogP contribution in [0, 0.1) is 4.77 Å². The third-order valence-corrected chi connectivity index (χ3v) is 2.95. The largest absolute Gasteiger partial charge is 0.338 e. The summed E-state index contributed by atoms with van der Waals surface area (Å²) in [6.45, 7) is 6.14. The number of hydrogen-bond acceptors (Lipinski definition) is 3. The summed E-state index contributed by atoms with van der Waals surface area (Å²) < 4.78 is 2.78. The molecule has 0 aromatic carbocycles. The fourth-order valence-electron chi connectivity index (χ4n) is 1.76. The Bertz CT molecular complexity index is 363. The number of aromatic amines is 1. The average molecular weight is 212 g/mol. The Kier molecular flexibility index (Phi) is 2.58. The van der Waals surface area contributed by atoms with Crippen molar-refractivity contribution in [3.63, 3.8) is 0 Å². The first-order valence-corrected chi connectivity index (χ1v) is 5.60. The zero-order valence-electron chi connectivity index (χ0n) is 8.66. The summed E-state index contributed by atoms with van der Waals surface area (Å²) in [5, 5.41) is 7.15. The van der Waals surface area contributed by atoms with Crippen LogP contribution >= 0.6 is 12.2 Å². The number of nitrogens with one attached hydrogen (secondary N) is 1. The minimum Gasteiger partial charge on any atom is -0.338 e. The first-order valence-electron chi connectivity index (χ1n) is 5.19. The van der Waals surface area contributed by atoms with Crippen LogP contribution in [0.3, 0.4) is 0 Å². The summed E-state index contributed by atoms with van der Waals surface area (Å²) in [4.78, 5) is 2.33. The second-order valence-corrected chi connectivity index (χ2v) is 3.98. The normalized spacial score (nSPS) is 15.9. The van der Waals surface area contributed by atoms with Gasteiger partial charge in [0, 0.05) is 19.1 Å². The number of aromatic nitrogens is 3. The van der Waals surface area contributed by atoms with E-state index in [1.54, 1.807) is 0 Å². The van der Waals surface area contributed by atoms with E-state index in [1.165, 1.54) is 12.8 Å². The van der Waals surface area contributed by atoms with Gasteiger partial charge in [-0.25, -0.2) is 5.10 Å². The van der Waals surface area contributed by atoms with E-state index in [1.807, 2.05) is 0 Å². The highest BCUT2D eigenvalue weighted by molar-refractivity contribution is 7.71. The van der Waals surface area contributed by atoms with Crippen molar-refractivity contribution in [1.82, 2.24) is 14.8 Å². The molecular formula is C9H16N4S. The summed E-state index contributed by atoms with van der Waals surface area (Å²) >= 11 is 5.16. The molecule has 1 aliphatic carbocycles. The quantitative estimate of drug-likeness (QED) is 0.775. The fourth-order valence-corrected chi connectivity index (χ4v) is 2.02. The Morgan fingerprint density at radius 1 is 1.57 bits per heavy atom. The second kappa shape index (κ2) is 3.73. The van der Waals surface area contributed by atoms with Crippen LogP contribution in [0.1, 0.15) is 26.7 Å². The van der Waals surface area contributed by atoms with Crippen molar-refractivity contribution in [3.8, 4) is 0 Å². The Balaban J connectivity index is 2.32. The lowest BCUT2D eigenvalue weighted by Crippen LogP contribution is -2.28. The van der Waals surface area contributed by atoms with E-state index in [4.69, 9.17) is 12.2 Å². The first kappa shape index (κ1) is 9.71. The lowest BCUT2D eigenvalue weighted by atomic mass is 10.5. The third-order valence-electron chi connectivity index (χ3n) is 2.64. The van der Waals surface area contributed by atoms with Gasteiger partial charge in [0.25, 0.3) is 0 Å². The molecule has 1 aromatic rings. The summed E-state index contributed by atoms with van der Waals surface area (Å²) in [5.41, 5.74) is 0. The molecule has 0 bridgehead atoms. The van der Waals surface area contributed by atoms with Gasteiger partial charge < -0.3 is 4.90 Å². The van der Waals surface area contributed by atoms with E-state index in [2.05, 4.69) is 33.5 Å². The molecule has 4 nitrogen and oxygen atoms in total. The maximum atomic E-state index is 5.16. The molecule has 0 saturated heterocycles. The van der Waals surface area contributed by atoms with Gasteiger partial charge >= 0.3 is 0 Å². The highest BCUT2D eigenvalue weighted by atomic mass is 32.1. The molecule has 1 fully saturated rings. The molecular weight excluding hydrogens is 196 g/mol. The van der Waals surface area contributed by atoms with Gasteiger partial charge in [-0.2, -0.15) is 0 Å². The molecule has 14 heavy (non-hydrogen) atoms. The second-order valence-electron chi connectivity index (χ2n) is 3.59. The molecule has 0 amide bonds. The smallest absolute Gasteiger partial charge is 0.225 e. The summed E-state index contributed by atoms with van der Waals surface area (Å²) in [6, 6.07) is 0.690. The van der Waals surface area contributed by atoms with Crippen LogP contribution in [0.5, 0.6) is 0 Å². The van der Waals surface area contributed by atoms with Crippen LogP contribution in [-0.4, -0.2) is 27.4 Å². The minimum absolute atomic E-state index is 0.690. The molecule has 1 aliphatic rings. The van der Waals surface area contributed by atoms with Crippen LogP contribution in [-0.2, 0) is 6.54 Å². The summed E-state index contributed by atoms with van der Waals surface area (Å²) in [7, 11) is 0. The van der Waals surface area contributed by atoms with Crippen molar-refractivity contribution in [2.75, 3.05) is 11.4 Å². The molecule has 0 spiro atoms. The Morgan fingerprint density at radius 2 is 2.29 bits per heavy atom. The molecule has 1 heterocycles. The van der Waals surface area contributed by atoms with Gasteiger partial charge in [0.15, 0.2) is 4.77 Å². The lowest BCUT2D eigenvalue weighted by Gasteiger charge is -2.21. The Hall–Kier alpha value is -0.840. The first-order chi connectivity index (χ1) is 6.77. The standard InChI is InChI=1S/C9H16N4S/c1-3-12(7-5-6-7)8-10-11-9(14)13(8)4-2/h7H,3-6H2,1-2H3,(H,11,14). The number of rotatable bonds is 4. The van der Waals surface area contributed by atoms with Gasteiger partial charge in [0.05, 0.1) is 0 Å². The fraction of sp³-hybridized carbons (Fsp3) is 0.778. The third kappa shape index (κ3) is 1.56. The maximum absolute atomic E-state index is 5.16. The van der Waals surface area contributed by atoms with Gasteiger partial charge in [0.1, 0.15) is 0 Å². The van der Waals surface area contributed by atoms with E-state index in [9.17, 15) is 0 Å². The molecule has 78 valence electrons. The molecule has 0 radical (unpaired) electrons. The molecule has 0 atom stereocenters. The minimum atomic E-state index is 0.690. The number of anilines is 1. The molecule has 5 heteroatoms. The van der Waals surface area contributed by atoms with Gasteiger partial charge in [-0.05, 0) is 38.9 Å². The van der Waals surface area contributed by atoms with Crippen LogP contribution in [0.25, 0.3) is 0 Å². The predicted molar refractivity (Wildman–Crippen MR) is 59.1 cm³/mol. The molecule has 1 saturated carbocycles. The molecule has 2 rings (SSSR count). The van der Waals surface area contributed by atoms with Crippen LogP contribution in [0.15, 0.2) is 0 Å². The summed E-state index contributed by atoms with van der Waals surface area (Å²) in [5.74, 6) is 1.00. The van der Waals surface area contributed by atoms with Gasteiger partial charge in [-0.1, -0.05) is 0 Å². The highest BCUT2D eigenvalue weighted by Gasteiger charge is 2.30. The SMILES string of the molecule is CCN(c1n[nH]c(=S)n1CC)C1CC1. The topological polar surface area (TPSA) is 36.9 Å². The average Bonchev–Trinajstić information content (AvgIpc) is 2.93. The molecule has 1 N–H and O–H groups in total. The van der Waals surface area contributed by atoms with Crippen molar-refractivity contribution in [1.29, 1.82) is 0 Å². The zero-order valence-corrected chi connectivity index (χ0v) is 9.47.